The standard InChI is InChI=1S/C10H16N4O4S2/c1-13-4-2-3-7(13)6-12-20(17,18)9-5-8(14(15)16)10(11)19-9/h5,7,12H,2-4,6,11H2,1H3. The number of anilines is 1. The average molecular weight is 320 g/mol. The molecule has 20 heavy (non-hydrogen) atoms. The summed E-state index contributed by atoms with van der Waals surface area (Å²) < 4.78 is 26.5. The molecule has 1 aliphatic heterocycles. The molecule has 1 saturated heterocycles. The molecule has 3 N–H and O–H groups in total. The third-order valence-electron chi connectivity index (χ3n) is 3.36. The first-order chi connectivity index (χ1) is 9.31. The molecule has 1 aromatic heterocycles. The van der Waals surface area contributed by atoms with Crippen molar-refractivity contribution >= 4 is 32.0 Å². The van der Waals surface area contributed by atoms with Crippen molar-refractivity contribution in [3.05, 3.63) is 16.2 Å². The molecule has 1 unspecified atom stereocenters. The SMILES string of the molecule is CN1CCCC1CNS(=O)(=O)c1cc([N+](=O)[O-])c(N)s1. The Morgan fingerprint density at radius 2 is 2.35 bits per heavy atom. The van der Waals surface area contributed by atoms with Crippen molar-refractivity contribution in [2.45, 2.75) is 23.1 Å². The zero-order chi connectivity index (χ0) is 14.9. The lowest BCUT2D eigenvalue weighted by atomic mass is 10.2. The van der Waals surface area contributed by atoms with Crippen LogP contribution in [0.1, 0.15) is 12.8 Å². The highest BCUT2D eigenvalue weighted by molar-refractivity contribution is 7.91. The van der Waals surface area contributed by atoms with Gasteiger partial charge in [-0.1, -0.05) is 11.3 Å². The van der Waals surface area contributed by atoms with Gasteiger partial charge in [-0.2, -0.15) is 0 Å². The smallest absolute Gasteiger partial charge is 0.304 e. The molecule has 1 fully saturated rings. The minimum atomic E-state index is -3.75. The molecule has 0 aliphatic carbocycles. The summed E-state index contributed by atoms with van der Waals surface area (Å²) in [4.78, 5) is 12.1. The number of likely N-dealkylation sites (N-methyl/N-ethyl adjacent to an activating group) is 1. The Balaban J connectivity index is 2.10. The van der Waals surface area contributed by atoms with Gasteiger partial charge in [-0.25, -0.2) is 13.1 Å². The van der Waals surface area contributed by atoms with Gasteiger partial charge in [0.2, 0.25) is 10.0 Å². The van der Waals surface area contributed by atoms with Crippen LogP contribution >= 0.6 is 11.3 Å². The number of rotatable bonds is 5. The molecular formula is C10H16N4O4S2. The van der Waals surface area contributed by atoms with E-state index >= 15 is 0 Å². The maximum absolute atomic E-state index is 12.1. The summed E-state index contributed by atoms with van der Waals surface area (Å²) in [6.45, 7) is 1.24. The van der Waals surface area contributed by atoms with Gasteiger partial charge in [-0.3, -0.25) is 10.1 Å². The fraction of sp³-hybridized carbons (Fsp3) is 0.600. The Kier molecular flexibility index (Phi) is 4.28. The first-order valence-corrected chi connectivity index (χ1v) is 8.35. The zero-order valence-corrected chi connectivity index (χ0v) is 12.5. The molecule has 0 aromatic carbocycles. The maximum Gasteiger partial charge on any atom is 0.304 e. The lowest BCUT2D eigenvalue weighted by molar-refractivity contribution is -0.383. The van der Waals surface area contributed by atoms with Crippen LogP contribution < -0.4 is 10.5 Å². The second-order valence-corrected chi connectivity index (χ2v) is 7.78. The number of nitrogens with one attached hydrogen (secondary N) is 1. The second-order valence-electron chi connectivity index (χ2n) is 4.70. The molecule has 1 aromatic rings. The van der Waals surface area contributed by atoms with E-state index in [-0.39, 0.29) is 20.9 Å². The highest BCUT2D eigenvalue weighted by atomic mass is 32.2. The van der Waals surface area contributed by atoms with Crippen LogP contribution in [0.15, 0.2) is 10.3 Å². The van der Waals surface area contributed by atoms with E-state index < -0.39 is 14.9 Å². The fourth-order valence-corrected chi connectivity index (χ4v) is 4.49. The molecule has 0 bridgehead atoms. The topological polar surface area (TPSA) is 119 Å². The van der Waals surface area contributed by atoms with Gasteiger partial charge in [0.05, 0.1) is 4.92 Å². The van der Waals surface area contributed by atoms with Gasteiger partial charge in [-0.05, 0) is 26.4 Å². The number of hydrogen-bond acceptors (Lipinski definition) is 7. The van der Waals surface area contributed by atoms with E-state index in [9.17, 15) is 18.5 Å². The van der Waals surface area contributed by atoms with Crippen LogP contribution in [-0.4, -0.2) is 44.4 Å². The lowest BCUT2D eigenvalue weighted by Crippen LogP contribution is -2.37. The van der Waals surface area contributed by atoms with E-state index in [0.717, 1.165) is 25.5 Å². The molecule has 0 amide bonds. The summed E-state index contributed by atoms with van der Waals surface area (Å²) in [5, 5.41) is 10.6. The van der Waals surface area contributed by atoms with Crippen LogP contribution in [0.2, 0.25) is 0 Å². The van der Waals surface area contributed by atoms with Gasteiger partial charge >= 0.3 is 5.69 Å². The number of nitrogens with two attached hydrogens (primary N) is 1. The molecular weight excluding hydrogens is 304 g/mol. The predicted molar refractivity (Wildman–Crippen MR) is 76.2 cm³/mol. The third kappa shape index (κ3) is 3.08. The molecule has 0 saturated carbocycles. The van der Waals surface area contributed by atoms with Crippen molar-refractivity contribution in [3.8, 4) is 0 Å². The average Bonchev–Trinajstić information content (AvgIpc) is 2.93. The fourth-order valence-electron chi connectivity index (χ4n) is 2.16. The van der Waals surface area contributed by atoms with Crippen LogP contribution in [0.25, 0.3) is 0 Å². The first kappa shape index (κ1) is 15.2. The van der Waals surface area contributed by atoms with E-state index in [1.165, 1.54) is 0 Å². The van der Waals surface area contributed by atoms with Crippen LogP contribution in [-0.2, 0) is 10.0 Å². The Morgan fingerprint density at radius 1 is 1.65 bits per heavy atom. The normalized spacial score (nSPS) is 20.4. The van der Waals surface area contributed by atoms with Crippen molar-refractivity contribution in [3.63, 3.8) is 0 Å². The molecule has 2 heterocycles. The molecule has 112 valence electrons. The quantitative estimate of drug-likeness (QED) is 0.606. The minimum Gasteiger partial charge on any atom is -0.385 e. The van der Waals surface area contributed by atoms with E-state index in [1.54, 1.807) is 0 Å². The number of nitro groups is 1. The van der Waals surface area contributed by atoms with Gasteiger partial charge in [-0.15, -0.1) is 0 Å². The van der Waals surface area contributed by atoms with Crippen molar-refractivity contribution in [2.24, 2.45) is 0 Å². The Bertz CT molecular complexity index is 613. The molecule has 8 nitrogen and oxygen atoms in total. The number of hydrogen-bond donors (Lipinski definition) is 2. The Hall–Kier alpha value is -1.23. The second kappa shape index (κ2) is 5.64. The Morgan fingerprint density at radius 3 is 2.85 bits per heavy atom. The predicted octanol–water partition coefficient (Wildman–Crippen LogP) is 0.611. The molecule has 0 spiro atoms. The summed E-state index contributed by atoms with van der Waals surface area (Å²) in [7, 11) is -1.80. The zero-order valence-electron chi connectivity index (χ0n) is 10.9. The number of likely N-dealkylation sites (tertiary alicyclic amines) is 1. The molecule has 10 heteroatoms. The summed E-state index contributed by atoms with van der Waals surface area (Å²) >= 11 is 0.705. The number of thiophene rings is 1. The van der Waals surface area contributed by atoms with Crippen LogP contribution in [0.4, 0.5) is 10.7 Å². The molecule has 2 rings (SSSR count). The highest BCUT2D eigenvalue weighted by Gasteiger charge is 2.27. The highest BCUT2D eigenvalue weighted by Crippen LogP contribution is 2.34. The number of nitrogen functional groups attached to an aromatic ring is 1. The van der Waals surface area contributed by atoms with Crippen molar-refractivity contribution in [1.29, 1.82) is 0 Å². The Labute approximate surface area is 120 Å². The van der Waals surface area contributed by atoms with Crippen LogP contribution in [0.5, 0.6) is 0 Å². The maximum atomic E-state index is 12.1. The summed E-state index contributed by atoms with van der Waals surface area (Å²) in [6, 6.07) is 1.16. The largest absolute Gasteiger partial charge is 0.385 e. The van der Waals surface area contributed by atoms with Crippen LogP contribution in [0.3, 0.4) is 0 Å². The van der Waals surface area contributed by atoms with E-state index in [2.05, 4.69) is 9.62 Å². The lowest BCUT2D eigenvalue weighted by Gasteiger charge is -2.19. The number of nitrogens with zero attached hydrogens (tertiary/aromatic N) is 2. The van der Waals surface area contributed by atoms with Gasteiger partial charge in [0.15, 0.2) is 5.00 Å². The number of sulfonamides is 1. The van der Waals surface area contributed by atoms with Gasteiger partial charge < -0.3 is 10.6 Å². The van der Waals surface area contributed by atoms with E-state index in [0.29, 0.717) is 17.9 Å². The van der Waals surface area contributed by atoms with Crippen LogP contribution in [0, 0.1) is 10.1 Å². The minimum absolute atomic E-state index is 0.103. The van der Waals surface area contributed by atoms with Crippen molar-refractivity contribution in [1.82, 2.24) is 9.62 Å². The summed E-state index contributed by atoms with van der Waals surface area (Å²) in [5.74, 6) is 0. The molecule has 1 aliphatic rings. The van der Waals surface area contributed by atoms with E-state index in [1.807, 2.05) is 7.05 Å². The third-order valence-corrected chi connectivity index (χ3v) is 6.21. The molecule has 0 radical (unpaired) electrons. The summed E-state index contributed by atoms with van der Waals surface area (Å²) in [5.41, 5.74) is 5.09. The first-order valence-electron chi connectivity index (χ1n) is 6.05. The van der Waals surface area contributed by atoms with Gasteiger partial charge in [0.25, 0.3) is 0 Å². The van der Waals surface area contributed by atoms with E-state index in [4.69, 9.17) is 5.73 Å². The monoisotopic (exact) mass is 320 g/mol. The van der Waals surface area contributed by atoms with Crippen molar-refractivity contribution < 1.29 is 13.3 Å². The van der Waals surface area contributed by atoms with Crippen molar-refractivity contribution in [2.75, 3.05) is 25.9 Å². The van der Waals surface area contributed by atoms with Gasteiger partial charge in [0.1, 0.15) is 4.21 Å². The molecule has 1 atom stereocenters. The van der Waals surface area contributed by atoms with Gasteiger partial charge in [0, 0.05) is 18.7 Å². The summed E-state index contributed by atoms with van der Waals surface area (Å²) in [6.07, 6.45) is 1.98.